The van der Waals surface area contributed by atoms with Gasteiger partial charge in [0, 0.05) is 19.2 Å². The van der Waals surface area contributed by atoms with Gasteiger partial charge in [0.1, 0.15) is 11.6 Å². The van der Waals surface area contributed by atoms with Gasteiger partial charge in [0.15, 0.2) is 5.11 Å². The third-order valence-electron chi connectivity index (χ3n) is 3.86. The molecule has 0 spiro atoms. The molecule has 1 saturated heterocycles. The van der Waals surface area contributed by atoms with E-state index in [-0.39, 0.29) is 5.69 Å². The highest BCUT2D eigenvalue weighted by molar-refractivity contribution is 7.80. The molecule has 122 valence electrons. The minimum atomic E-state index is -0.647. The molecule has 1 aromatic carbocycles. The molecule has 3 nitrogen and oxygen atoms in total. The number of benzene rings is 1. The van der Waals surface area contributed by atoms with Crippen molar-refractivity contribution >= 4 is 23.0 Å². The third kappa shape index (κ3) is 5.50. The van der Waals surface area contributed by atoms with Crippen LogP contribution in [0.25, 0.3) is 0 Å². The van der Waals surface area contributed by atoms with E-state index >= 15 is 0 Å². The SMILES string of the molecule is C[C@H]1CCCN(CCCNC(=S)Nc2ccc(F)cc2F)C1. The summed E-state index contributed by atoms with van der Waals surface area (Å²) in [4.78, 5) is 2.48. The summed E-state index contributed by atoms with van der Waals surface area (Å²) in [5, 5.41) is 6.16. The van der Waals surface area contributed by atoms with Crippen molar-refractivity contribution in [2.24, 2.45) is 5.92 Å². The Hall–Kier alpha value is -1.27. The number of piperidine rings is 1. The van der Waals surface area contributed by atoms with Crippen molar-refractivity contribution in [1.29, 1.82) is 0 Å². The van der Waals surface area contributed by atoms with Gasteiger partial charge in [0.25, 0.3) is 0 Å². The first-order valence-corrected chi connectivity index (χ1v) is 8.17. The number of likely N-dealkylation sites (tertiary alicyclic amines) is 1. The van der Waals surface area contributed by atoms with Crippen LogP contribution in [-0.2, 0) is 0 Å². The highest BCUT2D eigenvalue weighted by Crippen LogP contribution is 2.16. The number of halogens is 2. The summed E-state index contributed by atoms with van der Waals surface area (Å²) in [6, 6.07) is 3.38. The first-order valence-electron chi connectivity index (χ1n) is 7.77. The van der Waals surface area contributed by atoms with Gasteiger partial charge < -0.3 is 15.5 Å². The van der Waals surface area contributed by atoms with E-state index in [2.05, 4.69) is 22.5 Å². The monoisotopic (exact) mass is 327 g/mol. The Morgan fingerprint density at radius 3 is 2.95 bits per heavy atom. The average molecular weight is 327 g/mol. The standard InChI is InChI=1S/C16H23F2N3S/c1-12-4-2-8-21(11-12)9-3-7-19-16(22)20-15-6-5-13(17)10-14(15)18/h5-6,10,12H,2-4,7-9,11H2,1H3,(H2,19,20,22)/t12-/m0/s1. The Morgan fingerprint density at radius 1 is 1.41 bits per heavy atom. The molecule has 2 rings (SSSR count). The quantitative estimate of drug-likeness (QED) is 0.640. The Morgan fingerprint density at radius 2 is 2.23 bits per heavy atom. The molecule has 2 N–H and O–H groups in total. The summed E-state index contributed by atoms with van der Waals surface area (Å²) >= 11 is 5.12. The maximum absolute atomic E-state index is 13.5. The lowest BCUT2D eigenvalue weighted by atomic mass is 10.0. The number of anilines is 1. The molecule has 1 aromatic rings. The smallest absolute Gasteiger partial charge is 0.170 e. The van der Waals surface area contributed by atoms with Gasteiger partial charge in [-0.15, -0.1) is 0 Å². The van der Waals surface area contributed by atoms with Crippen molar-refractivity contribution in [1.82, 2.24) is 10.2 Å². The zero-order chi connectivity index (χ0) is 15.9. The van der Waals surface area contributed by atoms with Crippen molar-refractivity contribution in [2.45, 2.75) is 26.2 Å². The molecule has 1 heterocycles. The largest absolute Gasteiger partial charge is 0.362 e. The van der Waals surface area contributed by atoms with E-state index in [1.807, 2.05) is 0 Å². The van der Waals surface area contributed by atoms with E-state index in [9.17, 15) is 8.78 Å². The normalized spacial score (nSPS) is 19.0. The molecule has 1 atom stereocenters. The van der Waals surface area contributed by atoms with Gasteiger partial charge in [0.2, 0.25) is 0 Å². The molecule has 0 saturated carbocycles. The second-order valence-corrected chi connectivity index (χ2v) is 6.31. The van der Waals surface area contributed by atoms with E-state index < -0.39 is 11.6 Å². The molecule has 0 aromatic heterocycles. The molecule has 0 radical (unpaired) electrons. The van der Waals surface area contributed by atoms with Crippen LogP contribution in [0, 0.1) is 17.6 Å². The highest BCUT2D eigenvalue weighted by atomic mass is 32.1. The molecule has 22 heavy (non-hydrogen) atoms. The minimum absolute atomic E-state index is 0.184. The van der Waals surface area contributed by atoms with Crippen LogP contribution in [0.15, 0.2) is 18.2 Å². The maximum atomic E-state index is 13.5. The predicted octanol–water partition coefficient (Wildman–Crippen LogP) is 3.37. The van der Waals surface area contributed by atoms with E-state index in [1.54, 1.807) is 0 Å². The zero-order valence-corrected chi connectivity index (χ0v) is 13.7. The summed E-state index contributed by atoms with van der Waals surface area (Å²) in [7, 11) is 0. The molecule has 1 aliphatic heterocycles. The van der Waals surface area contributed by atoms with Crippen LogP contribution in [0.5, 0.6) is 0 Å². The summed E-state index contributed by atoms with van der Waals surface area (Å²) in [5.74, 6) is -0.463. The van der Waals surface area contributed by atoms with Crippen molar-refractivity contribution in [3.8, 4) is 0 Å². The zero-order valence-electron chi connectivity index (χ0n) is 12.9. The van der Waals surface area contributed by atoms with E-state index in [0.717, 1.165) is 31.5 Å². The lowest BCUT2D eigenvalue weighted by molar-refractivity contribution is 0.182. The van der Waals surface area contributed by atoms with Gasteiger partial charge in [-0.2, -0.15) is 0 Å². The summed E-state index contributed by atoms with van der Waals surface area (Å²) in [5.41, 5.74) is 0.184. The minimum Gasteiger partial charge on any atom is -0.362 e. The van der Waals surface area contributed by atoms with Gasteiger partial charge >= 0.3 is 0 Å². The summed E-state index contributed by atoms with van der Waals surface area (Å²) in [6.07, 6.45) is 3.59. The van der Waals surface area contributed by atoms with Gasteiger partial charge in [0.05, 0.1) is 5.69 Å². The van der Waals surface area contributed by atoms with E-state index in [4.69, 9.17) is 12.2 Å². The molecule has 0 bridgehead atoms. The summed E-state index contributed by atoms with van der Waals surface area (Å²) < 4.78 is 26.3. The molecule has 0 unspecified atom stereocenters. The van der Waals surface area contributed by atoms with Gasteiger partial charge in [-0.3, -0.25) is 0 Å². The van der Waals surface area contributed by atoms with Gasteiger partial charge in [-0.25, -0.2) is 8.78 Å². The molecular weight excluding hydrogens is 304 g/mol. The van der Waals surface area contributed by atoms with Crippen LogP contribution in [-0.4, -0.2) is 36.2 Å². The van der Waals surface area contributed by atoms with Crippen molar-refractivity contribution in [3.63, 3.8) is 0 Å². The number of nitrogens with one attached hydrogen (secondary N) is 2. The Labute approximate surface area is 136 Å². The second-order valence-electron chi connectivity index (χ2n) is 5.91. The topological polar surface area (TPSA) is 27.3 Å². The number of nitrogens with zero attached hydrogens (tertiary/aromatic N) is 1. The number of rotatable bonds is 5. The Kier molecular flexibility index (Phi) is 6.51. The lowest BCUT2D eigenvalue weighted by Crippen LogP contribution is -2.37. The molecule has 6 heteroatoms. The highest BCUT2D eigenvalue weighted by Gasteiger charge is 2.15. The molecule has 1 fully saturated rings. The summed E-state index contributed by atoms with van der Waals surface area (Å²) in [6.45, 7) is 6.42. The Balaban J connectivity index is 1.65. The molecule has 0 aliphatic carbocycles. The van der Waals surface area contributed by atoms with Crippen LogP contribution in [0.3, 0.4) is 0 Å². The maximum Gasteiger partial charge on any atom is 0.170 e. The lowest BCUT2D eigenvalue weighted by Gasteiger charge is -2.30. The number of hydrogen-bond acceptors (Lipinski definition) is 2. The van der Waals surface area contributed by atoms with Crippen LogP contribution < -0.4 is 10.6 Å². The second kappa shape index (κ2) is 8.39. The van der Waals surface area contributed by atoms with Crippen molar-refractivity contribution in [2.75, 3.05) is 31.5 Å². The van der Waals surface area contributed by atoms with Crippen LogP contribution >= 0.6 is 12.2 Å². The third-order valence-corrected chi connectivity index (χ3v) is 4.10. The van der Waals surface area contributed by atoms with Crippen LogP contribution in [0.2, 0.25) is 0 Å². The molecule has 0 amide bonds. The fourth-order valence-corrected chi connectivity index (χ4v) is 2.96. The Bertz CT molecular complexity index is 510. The van der Waals surface area contributed by atoms with Crippen molar-refractivity contribution < 1.29 is 8.78 Å². The number of hydrogen-bond donors (Lipinski definition) is 2. The van der Waals surface area contributed by atoms with Gasteiger partial charge in [-0.05, 0) is 62.6 Å². The van der Waals surface area contributed by atoms with Crippen molar-refractivity contribution in [3.05, 3.63) is 29.8 Å². The fraction of sp³-hybridized carbons (Fsp3) is 0.562. The number of thiocarbonyl (C=S) groups is 1. The molecule has 1 aliphatic rings. The predicted molar refractivity (Wildman–Crippen MR) is 90.0 cm³/mol. The van der Waals surface area contributed by atoms with E-state index in [1.165, 1.54) is 38.1 Å². The van der Waals surface area contributed by atoms with Crippen LogP contribution in [0.1, 0.15) is 26.2 Å². The fourth-order valence-electron chi connectivity index (χ4n) is 2.75. The molecular formula is C16H23F2N3S. The van der Waals surface area contributed by atoms with Gasteiger partial charge in [-0.1, -0.05) is 6.92 Å². The first kappa shape index (κ1) is 17.1. The van der Waals surface area contributed by atoms with E-state index in [0.29, 0.717) is 5.11 Å². The average Bonchev–Trinajstić information content (AvgIpc) is 2.47. The first-order chi connectivity index (χ1) is 10.5. The van der Waals surface area contributed by atoms with Crippen LogP contribution in [0.4, 0.5) is 14.5 Å².